The first-order chi connectivity index (χ1) is 20.7. The molecule has 0 aliphatic rings. The van der Waals surface area contributed by atoms with Crippen molar-refractivity contribution in [2.45, 2.75) is 0 Å². The first-order valence-corrected chi connectivity index (χ1v) is 13.8. The molecule has 0 aliphatic heterocycles. The van der Waals surface area contributed by atoms with Crippen LogP contribution in [0.25, 0.3) is 66.1 Å². The lowest BCUT2D eigenvalue weighted by Crippen LogP contribution is -1.97. The van der Waals surface area contributed by atoms with Crippen molar-refractivity contribution >= 4 is 43.6 Å². The Morgan fingerprint density at radius 2 is 1.07 bits per heavy atom. The van der Waals surface area contributed by atoms with E-state index in [1.54, 1.807) is 0 Å². The molecule has 0 N–H and O–H groups in total. The van der Waals surface area contributed by atoms with Gasteiger partial charge in [0.2, 0.25) is 0 Å². The van der Waals surface area contributed by atoms with Gasteiger partial charge in [-0.1, -0.05) is 72.8 Å². The number of para-hydroxylation sites is 2. The van der Waals surface area contributed by atoms with Gasteiger partial charge in [-0.2, -0.15) is 10.5 Å². The monoisotopic (exact) mass is 534 g/mol. The number of hydrogen-bond acceptors (Lipinski definition) is 2. The van der Waals surface area contributed by atoms with Gasteiger partial charge < -0.3 is 9.13 Å². The molecule has 4 nitrogen and oxygen atoms in total. The summed E-state index contributed by atoms with van der Waals surface area (Å²) in [6, 6.07) is 50.2. The van der Waals surface area contributed by atoms with Crippen LogP contribution >= 0.6 is 0 Å². The second-order valence-electron chi connectivity index (χ2n) is 10.5. The minimum Gasteiger partial charge on any atom is -0.309 e. The molecule has 8 aromatic rings. The number of benzene rings is 6. The first kappa shape index (κ1) is 23.8. The Hall–Kier alpha value is -6.10. The van der Waals surface area contributed by atoms with E-state index in [0.717, 1.165) is 55.3 Å². The number of hydrogen-bond donors (Lipinski definition) is 0. The third-order valence-corrected chi connectivity index (χ3v) is 8.18. The third-order valence-electron chi connectivity index (χ3n) is 8.18. The van der Waals surface area contributed by atoms with Gasteiger partial charge in [-0.3, -0.25) is 0 Å². The zero-order valence-electron chi connectivity index (χ0n) is 22.5. The minimum atomic E-state index is 0.652. The highest BCUT2D eigenvalue weighted by Crippen LogP contribution is 2.37. The third kappa shape index (κ3) is 3.47. The standard InChI is InChI=1S/C38H22N4/c39-23-25-16-19-37-34(20-25)32-13-4-6-15-36(32)41(37)29-17-18-33-31-12-3-5-14-35(31)42(38(33)22-29)28-10-7-9-26(21-28)30-11-2-1-8-27(30)24-40/h1-22H. The van der Waals surface area contributed by atoms with Crippen LogP contribution in [-0.4, -0.2) is 9.13 Å². The summed E-state index contributed by atoms with van der Waals surface area (Å²) in [6.07, 6.45) is 0. The molecule has 0 amide bonds. The van der Waals surface area contributed by atoms with Crippen LogP contribution in [0, 0.1) is 22.7 Å². The lowest BCUT2D eigenvalue weighted by molar-refractivity contribution is 1.15. The molecule has 0 saturated heterocycles. The van der Waals surface area contributed by atoms with E-state index in [9.17, 15) is 10.5 Å². The van der Waals surface area contributed by atoms with Crippen molar-refractivity contribution in [3.63, 3.8) is 0 Å². The SMILES string of the molecule is N#Cc1ccc2c(c1)c1ccccc1n2-c1ccc2c3ccccc3n(-c3cccc(-c4ccccc4C#N)c3)c2c1. The summed E-state index contributed by atoms with van der Waals surface area (Å²) in [4.78, 5) is 0. The fourth-order valence-electron chi connectivity index (χ4n) is 6.34. The van der Waals surface area contributed by atoms with Crippen molar-refractivity contribution in [2.75, 3.05) is 0 Å². The molecule has 0 unspecified atom stereocenters. The Morgan fingerprint density at radius 3 is 1.86 bits per heavy atom. The quantitative estimate of drug-likeness (QED) is 0.227. The molecular weight excluding hydrogens is 512 g/mol. The molecule has 2 heterocycles. The topological polar surface area (TPSA) is 57.4 Å². The van der Waals surface area contributed by atoms with E-state index < -0.39 is 0 Å². The lowest BCUT2D eigenvalue weighted by atomic mass is 10.00. The maximum atomic E-state index is 9.74. The number of nitrogens with zero attached hydrogens (tertiary/aromatic N) is 4. The molecule has 0 radical (unpaired) electrons. The molecule has 0 spiro atoms. The highest BCUT2D eigenvalue weighted by atomic mass is 15.0. The van der Waals surface area contributed by atoms with Crippen LogP contribution in [0.1, 0.15) is 11.1 Å². The zero-order chi connectivity index (χ0) is 28.2. The van der Waals surface area contributed by atoms with Gasteiger partial charge in [0.15, 0.2) is 0 Å². The predicted octanol–water partition coefficient (Wildman–Crippen LogP) is 9.29. The van der Waals surface area contributed by atoms with Crippen molar-refractivity contribution in [2.24, 2.45) is 0 Å². The summed E-state index contributed by atoms with van der Waals surface area (Å²) in [5.74, 6) is 0. The molecule has 0 aliphatic carbocycles. The van der Waals surface area contributed by atoms with Gasteiger partial charge in [-0.15, -0.1) is 0 Å². The summed E-state index contributed by atoms with van der Waals surface area (Å²) in [5, 5.41) is 23.8. The molecule has 2 aromatic heterocycles. The summed E-state index contributed by atoms with van der Waals surface area (Å²) >= 11 is 0. The normalized spacial score (nSPS) is 11.3. The largest absolute Gasteiger partial charge is 0.309 e. The smallest absolute Gasteiger partial charge is 0.0998 e. The first-order valence-electron chi connectivity index (χ1n) is 13.8. The van der Waals surface area contributed by atoms with Crippen LogP contribution in [0.15, 0.2) is 133 Å². The van der Waals surface area contributed by atoms with E-state index in [0.29, 0.717) is 11.1 Å². The second-order valence-corrected chi connectivity index (χ2v) is 10.5. The number of nitriles is 2. The van der Waals surface area contributed by atoms with E-state index in [1.807, 2.05) is 48.5 Å². The van der Waals surface area contributed by atoms with Crippen LogP contribution < -0.4 is 0 Å². The Morgan fingerprint density at radius 1 is 0.429 bits per heavy atom. The maximum absolute atomic E-state index is 9.74. The summed E-state index contributed by atoms with van der Waals surface area (Å²) in [6.45, 7) is 0. The Labute approximate surface area is 242 Å². The molecule has 0 saturated carbocycles. The van der Waals surface area contributed by atoms with Crippen LogP contribution in [0.3, 0.4) is 0 Å². The van der Waals surface area contributed by atoms with Crippen molar-refractivity contribution < 1.29 is 0 Å². The van der Waals surface area contributed by atoms with Gasteiger partial charge in [0.25, 0.3) is 0 Å². The summed E-state index contributed by atoms with van der Waals surface area (Å²) in [7, 11) is 0. The second kappa shape index (κ2) is 9.24. The minimum absolute atomic E-state index is 0.652. The maximum Gasteiger partial charge on any atom is 0.0998 e. The molecule has 194 valence electrons. The average molecular weight is 535 g/mol. The van der Waals surface area contributed by atoms with E-state index in [1.165, 1.54) is 10.8 Å². The predicted molar refractivity (Wildman–Crippen MR) is 170 cm³/mol. The van der Waals surface area contributed by atoms with Gasteiger partial charge in [0.05, 0.1) is 45.3 Å². The highest BCUT2D eigenvalue weighted by molar-refractivity contribution is 6.12. The molecule has 8 rings (SSSR count). The van der Waals surface area contributed by atoms with Crippen LogP contribution in [0.4, 0.5) is 0 Å². The molecule has 42 heavy (non-hydrogen) atoms. The Bertz CT molecular complexity index is 2440. The van der Waals surface area contributed by atoms with E-state index in [4.69, 9.17) is 0 Å². The van der Waals surface area contributed by atoms with E-state index >= 15 is 0 Å². The highest BCUT2D eigenvalue weighted by Gasteiger charge is 2.17. The number of aromatic nitrogens is 2. The van der Waals surface area contributed by atoms with Gasteiger partial charge in [-0.05, 0) is 71.8 Å². The van der Waals surface area contributed by atoms with E-state index in [2.05, 4.69) is 106 Å². The van der Waals surface area contributed by atoms with Gasteiger partial charge in [0, 0.05) is 32.9 Å². The zero-order valence-corrected chi connectivity index (χ0v) is 22.5. The van der Waals surface area contributed by atoms with Gasteiger partial charge in [-0.25, -0.2) is 0 Å². The molecule has 0 atom stereocenters. The molecule has 6 aromatic carbocycles. The van der Waals surface area contributed by atoms with Crippen molar-refractivity contribution in [3.8, 4) is 34.6 Å². The van der Waals surface area contributed by atoms with Crippen LogP contribution in [0.5, 0.6) is 0 Å². The Balaban J connectivity index is 1.42. The van der Waals surface area contributed by atoms with E-state index in [-0.39, 0.29) is 0 Å². The van der Waals surface area contributed by atoms with Crippen LogP contribution in [-0.2, 0) is 0 Å². The van der Waals surface area contributed by atoms with Crippen molar-refractivity contribution in [1.29, 1.82) is 10.5 Å². The number of rotatable bonds is 3. The molecular formula is C38H22N4. The molecule has 0 fully saturated rings. The van der Waals surface area contributed by atoms with Crippen molar-refractivity contribution in [1.82, 2.24) is 9.13 Å². The van der Waals surface area contributed by atoms with Crippen LogP contribution in [0.2, 0.25) is 0 Å². The molecule has 0 bridgehead atoms. The van der Waals surface area contributed by atoms with Gasteiger partial charge in [0.1, 0.15) is 0 Å². The average Bonchev–Trinajstić information content (AvgIpc) is 3.56. The molecule has 4 heteroatoms. The van der Waals surface area contributed by atoms with Gasteiger partial charge >= 0.3 is 0 Å². The summed E-state index contributed by atoms with van der Waals surface area (Å²) in [5.41, 5.74) is 9.69. The lowest BCUT2D eigenvalue weighted by Gasteiger charge is -2.13. The van der Waals surface area contributed by atoms with Crippen molar-refractivity contribution in [3.05, 3.63) is 145 Å². The fourth-order valence-corrected chi connectivity index (χ4v) is 6.34. The summed E-state index contributed by atoms with van der Waals surface area (Å²) < 4.78 is 4.60. The fraction of sp³-hybridized carbons (Fsp3) is 0. The Kier molecular flexibility index (Phi) is 5.22. The number of fused-ring (bicyclic) bond motifs is 6.